The number of aromatic hydroxyl groups is 1. The third kappa shape index (κ3) is 7.14. The monoisotopic (exact) mass is 661 g/mol. The van der Waals surface area contributed by atoms with Crippen molar-refractivity contribution >= 4 is 30.6 Å². The van der Waals surface area contributed by atoms with Crippen LogP contribution in [0.2, 0.25) is 6.32 Å². The Morgan fingerprint density at radius 3 is 2.55 bits per heavy atom. The highest BCUT2D eigenvalue weighted by Crippen LogP contribution is 2.51. The molecule has 2 N–H and O–H groups in total. The minimum absolute atomic E-state index is 0.0758. The molecule has 3 fully saturated rings. The molecule has 3 saturated heterocycles. The summed E-state index contributed by atoms with van der Waals surface area (Å²) in [6.45, 7) is 2.87. The van der Waals surface area contributed by atoms with Crippen molar-refractivity contribution in [1.29, 1.82) is 0 Å². The van der Waals surface area contributed by atoms with Crippen LogP contribution in [0.4, 0.5) is 0 Å². The van der Waals surface area contributed by atoms with Gasteiger partial charge < -0.3 is 19.5 Å². The van der Waals surface area contributed by atoms with Gasteiger partial charge in [0.1, 0.15) is 5.75 Å². The fourth-order valence-corrected chi connectivity index (χ4v) is 8.56. The van der Waals surface area contributed by atoms with Crippen LogP contribution in [0.15, 0.2) is 90.1 Å². The largest absolute Gasteiger partial charge is 0.508 e. The summed E-state index contributed by atoms with van der Waals surface area (Å²) >= 11 is 0. The molecular formula is C39H44BN3O6. The first kappa shape index (κ1) is 33.4. The molecule has 1 aromatic heterocycles. The Morgan fingerprint density at radius 1 is 1.02 bits per heavy atom. The van der Waals surface area contributed by atoms with E-state index in [9.17, 15) is 19.7 Å². The van der Waals surface area contributed by atoms with Gasteiger partial charge in [-0.3, -0.25) is 24.4 Å². The van der Waals surface area contributed by atoms with Gasteiger partial charge in [0.25, 0.3) is 0 Å². The van der Waals surface area contributed by atoms with Crippen LogP contribution in [0, 0.1) is 17.8 Å². The van der Waals surface area contributed by atoms with Crippen molar-refractivity contribution in [2.45, 2.75) is 57.1 Å². The lowest BCUT2D eigenvalue weighted by atomic mass is 9.58. The molecule has 0 bridgehead atoms. The van der Waals surface area contributed by atoms with E-state index in [2.05, 4.69) is 34.1 Å². The van der Waals surface area contributed by atoms with Gasteiger partial charge in [-0.1, -0.05) is 48.5 Å². The number of fused-ring (bicyclic) bond motifs is 3. The Kier molecular flexibility index (Phi) is 10.1. The van der Waals surface area contributed by atoms with Crippen LogP contribution < -0.4 is 0 Å². The van der Waals surface area contributed by atoms with Gasteiger partial charge in [-0.25, -0.2) is 0 Å². The second kappa shape index (κ2) is 14.8. The van der Waals surface area contributed by atoms with Gasteiger partial charge in [-0.15, -0.1) is 0 Å². The average molecular weight is 662 g/mol. The molecule has 9 nitrogen and oxygen atoms in total. The minimum Gasteiger partial charge on any atom is -0.508 e. The van der Waals surface area contributed by atoms with Crippen LogP contribution in [0.25, 0.3) is 11.6 Å². The summed E-state index contributed by atoms with van der Waals surface area (Å²) in [5, 5.41) is 21.2. The Labute approximate surface area is 288 Å². The van der Waals surface area contributed by atoms with Gasteiger partial charge in [-0.2, -0.15) is 0 Å². The molecule has 254 valence electrons. The van der Waals surface area contributed by atoms with E-state index >= 15 is 0 Å². The van der Waals surface area contributed by atoms with Crippen molar-refractivity contribution in [3.8, 4) is 5.75 Å². The summed E-state index contributed by atoms with van der Waals surface area (Å²) < 4.78 is 11.9. The molecule has 3 aliphatic heterocycles. The smallest absolute Gasteiger partial charge is 0.455 e. The van der Waals surface area contributed by atoms with Crippen molar-refractivity contribution in [3.63, 3.8) is 0 Å². The number of carbonyl (C=O) groups excluding carboxylic acids is 2. The van der Waals surface area contributed by atoms with Crippen LogP contribution in [0.5, 0.6) is 5.75 Å². The van der Waals surface area contributed by atoms with E-state index in [1.54, 1.807) is 36.4 Å². The molecule has 3 aromatic rings. The molecule has 0 radical (unpaired) electrons. The van der Waals surface area contributed by atoms with Crippen LogP contribution >= 0.6 is 0 Å². The highest BCUT2D eigenvalue weighted by atomic mass is 16.5. The second-order valence-corrected chi connectivity index (χ2v) is 13.8. The molecule has 2 aromatic carbocycles. The highest BCUT2D eigenvalue weighted by molar-refractivity contribution is 6.43. The van der Waals surface area contributed by atoms with Crippen LogP contribution in [-0.2, 0) is 25.5 Å². The van der Waals surface area contributed by atoms with E-state index in [0.717, 1.165) is 60.5 Å². The van der Waals surface area contributed by atoms with Crippen molar-refractivity contribution in [2.75, 3.05) is 26.8 Å². The Morgan fingerprint density at radius 2 is 1.82 bits per heavy atom. The third-order valence-electron chi connectivity index (χ3n) is 10.7. The lowest BCUT2D eigenvalue weighted by Gasteiger charge is -2.43. The number of hydrogen-bond donors (Lipinski definition) is 2. The Hall–Kier alpha value is -4.09. The number of likely N-dealkylation sites (tertiary alicyclic amines) is 2. The quantitative estimate of drug-likeness (QED) is 0.173. The normalized spacial score (nSPS) is 25.1. The number of methoxy groups -OCH3 is 1. The van der Waals surface area contributed by atoms with Crippen molar-refractivity contribution in [2.24, 2.45) is 17.8 Å². The number of pyridine rings is 1. The van der Waals surface area contributed by atoms with E-state index in [-0.39, 0.29) is 35.8 Å². The van der Waals surface area contributed by atoms with Gasteiger partial charge >= 0.3 is 7.12 Å². The summed E-state index contributed by atoms with van der Waals surface area (Å²) in [4.78, 5) is 37.0. The standard InChI is InChI=1S/C39H44BN3O6/c1-48-25-29-22-32-37(39(46)43(38(32)45)30-15-18-42(19-16-30)24-26-8-3-2-4-9-26)33-23-40(47)49-35(36(29)33)14-13-28(34-12-5-6-17-41-34)20-27-10-7-11-31(44)21-27/h2-12,17,20-21,30,32-33,35,37,44,47H,13-16,18-19,22-25H2,1H3/b28-20-/t32-,33+,35-,37-/m1/s1. The highest BCUT2D eigenvalue weighted by Gasteiger charge is 2.58. The topological polar surface area (TPSA) is 112 Å². The van der Waals surface area contributed by atoms with E-state index in [0.29, 0.717) is 25.9 Å². The first-order valence-electron chi connectivity index (χ1n) is 17.5. The predicted octanol–water partition coefficient (Wildman–Crippen LogP) is 5.22. The average Bonchev–Trinajstić information content (AvgIpc) is 3.36. The fraction of sp³-hybridized carbons (Fsp3) is 0.410. The molecule has 49 heavy (non-hydrogen) atoms. The van der Waals surface area contributed by atoms with Crippen LogP contribution in [0.3, 0.4) is 0 Å². The van der Waals surface area contributed by atoms with E-state index in [4.69, 9.17) is 9.39 Å². The summed E-state index contributed by atoms with van der Waals surface area (Å²) in [6, 6.07) is 23.1. The molecule has 4 heterocycles. The van der Waals surface area contributed by atoms with Crippen molar-refractivity contribution in [1.82, 2.24) is 14.8 Å². The number of benzene rings is 2. The molecule has 1 aliphatic carbocycles. The fourth-order valence-electron chi connectivity index (χ4n) is 8.56. The Balaban J connectivity index is 1.11. The minimum atomic E-state index is -1.05. The van der Waals surface area contributed by atoms with Gasteiger partial charge in [0.15, 0.2) is 0 Å². The van der Waals surface area contributed by atoms with Crippen LogP contribution in [-0.4, -0.2) is 82.8 Å². The SMILES string of the molecule is COCC1=C2[C@@H](CC/C(=C/c3cccc(O)c3)c3ccccn3)OB(O)C[C@@H]2[C@@H]2C(=O)N(C3CCN(Cc4ccccc4)CC3)C(=O)[C@@H]2C1. The van der Waals surface area contributed by atoms with Gasteiger partial charge in [0, 0.05) is 39.0 Å². The molecular weight excluding hydrogens is 617 g/mol. The number of amides is 2. The summed E-state index contributed by atoms with van der Waals surface area (Å²) in [7, 11) is 0.601. The number of aromatic nitrogens is 1. The predicted molar refractivity (Wildman–Crippen MR) is 188 cm³/mol. The number of hydrogen-bond acceptors (Lipinski definition) is 8. The maximum atomic E-state index is 14.3. The number of piperidine rings is 1. The lowest BCUT2D eigenvalue weighted by Crippen LogP contribution is -2.48. The number of rotatable bonds is 10. The van der Waals surface area contributed by atoms with Gasteiger partial charge in [0.05, 0.1) is 30.2 Å². The maximum absolute atomic E-state index is 14.3. The zero-order chi connectivity index (χ0) is 33.9. The first-order valence-corrected chi connectivity index (χ1v) is 17.5. The summed E-state index contributed by atoms with van der Waals surface area (Å²) in [5.41, 5.74) is 5.90. The zero-order valence-corrected chi connectivity index (χ0v) is 28.0. The molecule has 2 amide bonds. The van der Waals surface area contributed by atoms with Crippen molar-refractivity contribution in [3.05, 3.63) is 107 Å². The third-order valence-corrected chi connectivity index (χ3v) is 10.7. The molecule has 0 unspecified atom stereocenters. The first-order chi connectivity index (χ1) is 23.9. The molecule has 7 rings (SSSR count). The molecule has 4 aliphatic rings. The lowest BCUT2D eigenvalue weighted by molar-refractivity contribution is -0.144. The molecule has 0 saturated carbocycles. The number of phenolic OH excluding ortho intramolecular Hbond substituents is 1. The van der Waals surface area contributed by atoms with E-state index in [1.807, 2.05) is 36.4 Å². The van der Waals surface area contributed by atoms with Gasteiger partial charge in [-0.05, 0) is 103 Å². The number of nitrogens with zero attached hydrogens (tertiary/aromatic N) is 3. The summed E-state index contributed by atoms with van der Waals surface area (Å²) in [5.74, 6) is -1.25. The van der Waals surface area contributed by atoms with Crippen LogP contribution in [0.1, 0.15) is 48.9 Å². The zero-order valence-electron chi connectivity index (χ0n) is 28.0. The number of imide groups is 1. The Bertz CT molecular complexity index is 1710. The maximum Gasteiger partial charge on any atom is 0.455 e. The van der Waals surface area contributed by atoms with Crippen molar-refractivity contribution < 1.29 is 29.1 Å². The number of ether oxygens (including phenoxy) is 1. The summed E-state index contributed by atoms with van der Waals surface area (Å²) in [6.07, 6.45) is 6.69. The van der Waals surface area contributed by atoms with Gasteiger partial charge in [0.2, 0.25) is 11.8 Å². The number of phenols is 1. The second-order valence-electron chi connectivity index (χ2n) is 13.8. The van der Waals surface area contributed by atoms with E-state index in [1.165, 1.54) is 5.56 Å². The number of carbonyl (C=O) groups is 2. The number of allylic oxidation sites excluding steroid dienone is 1. The molecule has 0 spiro atoms. The molecule has 4 atom stereocenters. The van der Waals surface area contributed by atoms with E-state index < -0.39 is 25.1 Å². The molecule has 10 heteroatoms.